The summed E-state index contributed by atoms with van der Waals surface area (Å²) in [6.45, 7) is 2.27. The van der Waals surface area contributed by atoms with Crippen LogP contribution in [0.1, 0.15) is 116 Å². The molecular weight excluding hydrogens is 360 g/mol. The molecule has 0 atom stereocenters. The summed E-state index contributed by atoms with van der Waals surface area (Å²) in [5.74, 6) is 0. The normalized spacial score (nSPS) is 12.4. The Labute approximate surface area is 168 Å². The lowest BCUT2D eigenvalue weighted by Crippen LogP contribution is -1.96. The molecule has 27 heavy (non-hydrogen) atoms. The molecule has 0 heterocycles. The summed E-state index contributed by atoms with van der Waals surface area (Å²) in [7, 11) is -4.37. The Bertz CT molecular complexity index is 455. The summed E-state index contributed by atoms with van der Waals surface area (Å²) in [6, 6.07) is 0. The minimum atomic E-state index is -4.37. The van der Waals surface area contributed by atoms with Crippen molar-refractivity contribution in [1.82, 2.24) is 0 Å². The quantitative estimate of drug-likeness (QED) is 0.0989. The predicted octanol–water partition coefficient (Wildman–Crippen LogP) is 7.53. The SMILES string of the molecule is CCCCCCCCCCCCCCCCCCC=CC=COS(=O)(=O)O. The van der Waals surface area contributed by atoms with Crippen molar-refractivity contribution in [2.45, 2.75) is 116 Å². The van der Waals surface area contributed by atoms with Gasteiger partial charge in [-0.25, -0.2) is 0 Å². The molecule has 0 fully saturated rings. The summed E-state index contributed by atoms with van der Waals surface area (Å²) in [4.78, 5) is 0. The van der Waals surface area contributed by atoms with Gasteiger partial charge in [-0.1, -0.05) is 115 Å². The Balaban J connectivity index is 3.17. The molecule has 1 N–H and O–H groups in total. The molecule has 0 aromatic carbocycles. The van der Waals surface area contributed by atoms with Gasteiger partial charge in [0.15, 0.2) is 0 Å². The van der Waals surface area contributed by atoms with Gasteiger partial charge in [0.05, 0.1) is 0 Å². The lowest BCUT2D eigenvalue weighted by atomic mass is 10.0. The fraction of sp³-hybridized carbons (Fsp3) is 0.818. The standard InChI is InChI=1S/C22H42O4S/c1-2-3-4-5-6-7-8-9-10-11-12-13-14-15-16-17-18-19-20-21-22-26-27(23,24)25/h19-22H,2-18H2,1H3,(H,23,24,25). The molecule has 0 radical (unpaired) electrons. The van der Waals surface area contributed by atoms with Crippen LogP contribution in [0.4, 0.5) is 0 Å². The minimum Gasteiger partial charge on any atom is -0.370 e. The van der Waals surface area contributed by atoms with Gasteiger partial charge >= 0.3 is 10.4 Å². The van der Waals surface area contributed by atoms with E-state index in [0.717, 1.165) is 19.1 Å². The Morgan fingerprint density at radius 2 is 1.07 bits per heavy atom. The second kappa shape index (κ2) is 19.9. The van der Waals surface area contributed by atoms with E-state index in [1.807, 2.05) is 6.08 Å². The molecule has 0 aromatic heterocycles. The van der Waals surface area contributed by atoms with Crippen LogP contribution in [-0.2, 0) is 14.6 Å². The molecule has 5 heteroatoms. The van der Waals surface area contributed by atoms with Crippen LogP contribution in [0.5, 0.6) is 0 Å². The topological polar surface area (TPSA) is 63.6 Å². The smallest absolute Gasteiger partial charge is 0.370 e. The lowest BCUT2D eigenvalue weighted by Gasteiger charge is -2.03. The van der Waals surface area contributed by atoms with Gasteiger partial charge in [0.25, 0.3) is 0 Å². The van der Waals surface area contributed by atoms with E-state index < -0.39 is 10.4 Å². The molecule has 0 rings (SSSR count). The molecular formula is C22H42O4S. The monoisotopic (exact) mass is 402 g/mol. The molecule has 0 unspecified atom stereocenters. The maximum atomic E-state index is 10.3. The Morgan fingerprint density at radius 1 is 0.667 bits per heavy atom. The molecule has 0 saturated carbocycles. The van der Waals surface area contributed by atoms with Gasteiger partial charge in [-0.2, -0.15) is 8.42 Å². The third-order valence-electron chi connectivity index (χ3n) is 4.73. The first-order chi connectivity index (χ1) is 13.1. The highest BCUT2D eigenvalue weighted by molar-refractivity contribution is 7.81. The van der Waals surface area contributed by atoms with Crippen LogP contribution < -0.4 is 0 Å². The van der Waals surface area contributed by atoms with Crippen molar-refractivity contribution in [3.63, 3.8) is 0 Å². The van der Waals surface area contributed by atoms with Crippen molar-refractivity contribution in [2.24, 2.45) is 0 Å². The molecule has 0 saturated heterocycles. The Kier molecular flexibility index (Phi) is 19.3. The van der Waals surface area contributed by atoms with Crippen molar-refractivity contribution < 1.29 is 17.2 Å². The summed E-state index contributed by atoms with van der Waals surface area (Å²) in [6.07, 6.45) is 29.0. The van der Waals surface area contributed by atoms with Gasteiger partial charge in [0.1, 0.15) is 6.26 Å². The molecule has 160 valence electrons. The largest absolute Gasteiger partial charge is 0.445 e. The minimum absolute atomic E-state index is 0.958. The third-order valence-corrected chi connectivity index (χ3v) is 5.08. The fourth-order valence-electron chi connectivity index (χ4n) is 3.13. The average Bonchev–Trinajstić information content (AvgIpc) is 2.62. The van der Waals surface area contributed by atoms with Crippen molar-refractivity contribution in [2.75, 3.05) is 0 Å². The zero-order valence-corrected chi connectivity index (χ0v) is 18.2. The van der Waals surface area contributed by atoms with E-state index in [2.05, 4.69) is 11.1 Å². The highest BCUT2D eigenvalue weighted by Gasteiger charge is 1.97. The maximum Gasteiger partial charge on any atom is 0.445 e. The van der Waals surface area contributed by atoms with E-state index in [4.69, 9.17) is 4.55 Å². The first-order valence-electron chi connectivity index (χ1n) is 11.0. The van der Waals surface area contributed by atoms with Gasteiger partial charge < -0.3 is 4.18 Å². The zero-order valence-electron chi connectivity index (χ0n) is 17.4. The highest BCUT2D eigenvalue weighted by atomic mass is 32.3. The molecule has 0 aliphatic rings. The first kappa shape index (κ1) is 26.2. The number of unbranched alkanes of at least 4 members (excludes halogenated alkanes) is 16. The van der Waals surface area contributed by atoms with E-state index in [1.54, 1.807) is 6.08 Å². The van der Waals surface area contributed by atoms with Crippen molar-refractivity contribution >= 4 is 10.4 Å². The van der Waals surface area contributed by atoms with Crippen LogP contribution in [0, 0.1) is 0 Å². The van der Waals surface area contributed by atoms with Gasteiger partial charge in [0, 0.05) is 0 Å². The maximum absolute atomic E-state index is 10.3. The highest BCUT2D eigenvalue weighted by Crippen LogP contribution is 2.14. The molecule has 0 amide bonds. The van der Waals surface area contributed by atoms with E-state index >= 15 is 0 Å². The van der Waals surface area contributed by atoms with Gasteiger partial charge in [-0.3, -0.25) is 4.55 Å². The van der Waals surface area contributed by atoms with Gasteiger partial charge in [-0.15, -0.1) is 0 Å². The number of allylic oxidation sites excluding steroid dienone is 3. The molecule has 0 bridgehead atoms. The second-order valence-electron chi connectivity index (χ2n) is 7.37. The molecule has 0 aliphatic carbocycles. The zero-order chi connectivity index (χ0) is 20.1. The third kappa shape index (κ3) is 25.2. The number of rotatable bonds is 20. The van der Waals surface area contributed by atoms with Gasteiger partial charge in [0.2, 0.25) is 0 Å². The van der Waals surface area contributed by atoms with Crippen LogP contribution in [0.2, 0.25) is 0 Å². The van der Waals surface area contributed by atoms with Crippen molar-refractivity contribution in [3.8, 4) is 0 Å². The summed E-state index contributed by atoms with van der Waals surface area (Å²) in [5.41, 5.74) is 0. The Morgan fingerprint density at radius 3 is 1.48 bits per heavy atom. The average molecular weight is 403 g/mol. The summed E-state index contributed by atoms with van der Waals surface area (Å²) in [5, 5.41) is 0. The summed E-state index contributed by atoms with van der Waals surface area (Å²) < 4.78 is 33.0. The summed E-state index contributed by atoms with van der Waals surface area (Å²) >= 11 is 0. The van der Waals surface area contributed by atoms with E-state index in [0.29, 0.717) is 0 Å². The Hall–Kier alpha value is -0.810. The van der Waals surface area contributed by atoms with Crippen LogP contribution >= 0.6 is 0 Å². The van der Waals surface area contributed by atoms with E-state index in [9.17, 15) is 8.42 Å². The van der Waals surface area contributed by atoms with Crippen molar-refractivity contribution in [3.05, 3.63) is 24.5 Å². The molecule has 4 nitrogen and oxygen atoms in total. The van der Waals surface area contributed by atoms with Crippen LogP contribution in [0.3, 0.4) is 0 Å². The number of hydrogen-bond acceptors (Lipinski definition) is 3. The number of hydrogen-bond donors (Lipinski definition) is 1. The first-order valence-corrected chi connectivity index (χ1v) is 12.4. The van der Waals surface area contributed by atoms with Crippen molar-refractivity contribution in [1.29, 1.82) is 0 Å². The second-order valence-corrected chi connectivity index (χ2v) is 8.42. The van der Waals surface area contributed by atoms with Gasteiger partial charge in [-0.05, 0) is 18.9 Å². The predicted molar refractivity (Wildman–Crippen MR) is 115 cm³/mol. The fourth-order valence-corrected chi connectivity index (χ4v) is 3.34. The van der Waals surface area contributed by atoms with Crippen LogP contribution in [0.15, 0.2) is 24.5 Å². The molecule has 0 spiro atoms. The van der Waals surface area contributed by atoms with E-state index in [1.165, 1.54) is 102 Å². The lowest BCUT2D eigenvalue weighted by molar-refractivity contribution is 0.356. The van der Waals surface area contributed by atoms with Crippen LogP contribution in [-0.4, -0.2) is 13.0 Å². The van der Waals surface area contributed by atoms with E-state index in [-0.39, 0.29) is 0 Å². The molecule has 0 aliphatic heterocycles. The van der Waals surface area contributed by atoms with Crippen LogP contribution in [0.25, 0.3) is 0 Å². The molecule has 0 aromatic rings.